The summed E-state index contributed by atoms with van der Waals surface area (Å²) < 4.78 is 6.95. The van der Waals surface area contributed by atoms with E-state index in [0.29, 0.717) is 0 Å². The van der Waals surface area contributed by atoms with Crippen LogP contribution in [-0.2, 0) is 0 Å². The molecular weight excluding hydrogens is 292 g/mol. The Kier molecular flexibility index (Phi) is 5.07. The number of ether oxygens (including phenoxy) is 1. The Morgan fingerprint density at radius 2 is 2.17 bits per heavy atom. The minimum absolute atomic E-state index is 0.172. The predicted molar refractivity (Wildman–Crippen MR) is 76.9 cm³/mol. The molecule has 2 rings (SSSR count). The minimum Gasteiger partial charge on any atom is -0.490 e. The van der Waals surface area contributed by atoms with Crippen LogP contribution in [0.2, 0.25) is 0 Å². The summed E-state index contributed by atoms with van der Waals surface area (Å²) in [4.78, 5) is 0. The minimum atomic E-state index is -0.387. The predicted octanol–water partition coefficient (Wildman–Crippen LogP) is 4.60. The van der Waals surface area contributed by atoms with Gasteiger partial charge in [0.15, 0.2) is 0 Å². The smallest absolute Gasteiger partial charge is 0.125 e. The first-order chi connectivity index (χ1) is 8.70. The Balaban J connectivity index is 1.93. The number of aliphatic hydroxyl groups excluding tert-OH is 1. The van der Waals surface area contributed by atoms with E-state index >= 15 is 0 Å². The number of hydrogen-bond donors (Lipinski definition) is 1. The van der Waals surface area contributed by atoms with Crippen molar-refractivity contribution in [3.8, 4) is 5.75 Å². The van der Waals surface area contributed by atoms with Crippen molar-refractivity contribution in [2.75, 3.05) is 0 Å². The van der Waals surface area contributed by atoms with Gasteiger partial charge >= 0.3 is 0 Å². The van der Waals surface area contributed by atoms with E-state index in [2.05, 4.69) is 22.9 Å². The lowest BCUT2D eigenvalue weighted by Crippen LogP contribution is -2.25. The Morgan fingerprint density at radius 3 is 2.94 bits per heavy atom. The number of halogens is 1. The van der Waals surface area contributed by atoms with Crippen molar-refractivity contribution in [2.45, 2.75) is 57.7 Å². The standard InChI is InChI=1S/C15H21BrO2/c1-2-3-4-5-6-12-10-14(17)13-9-11(16)7-8-15(13)18-12/h7-9,12,14,17H,2-6,10H2,1H3/t12?,14-/m0/s1. The highest BCUT2D eigenvalue weighted by Gasteiger charge is 2.26. The molecule has 1 unspecified atom stereocenters. The molecule has 100 valence electrons. The molecule has 1 aromatic rings. The number of fused-ring (bicyclic) bond motifs is 1. The molecule has 3 heteroatoms. The summed E-state index contributed by atoms with van der Waals surface area (Å²) in [5.41, 5.74) is 0.911. The number of hydrogen-bond acceptors (Lipinski definition) is 2. The van der Waals surface area contributed by atoms with Crippen molar-refractivity contribution >= 4 is 15.9 Å². The van der Waals surface area contributed by atoms with E-state index in [1.54, 1.807) is 0 Å². The van der Waals surface area contributed by atoms with Crippen LogP contribution in [0.15, 0.2) is 22.7 Å². The number of unbranched alkanes of at least 4 members (excludes halogenated alkanes) is 3. The first-order valence-corrected chi connectivity index (χ1v) is 7.64. The van der Waals surface area contributed by atoms with E-state index < -0.39 is 0 Å². The Morgan fingerprint density at radius 1 is 1.33 bits per heavy atom. The lowest BCUT2D eigenvalue weighted by atomic mass is 9.96. The molecule has 1 aromatic carbocycles. The van der Waals surface area contributed by atoms with Crippen molar-refractivity contribution in [1.82, 2.24) is 0 Å². The summed E-state index contributed by atoms with van der Waals surface area (Å²) in [5, 5.41) is 10.2. The molecule has 18 heavy (non-hydrogen) atoms. The summed E-state index contributed by atoms with van der Waals surface area (Å²) in [7, 11) is 0. The van der Waals surface area contributed by atoms with Crippen LogP contribution in [0.1, 0.15) is 57.1 Å². The maximum atomic E-state index is 10.2. The van der Waals surface area contributed by atoms with E-state index in [0.717, 1.165) is 28.6 Å². The van der Waals surface area contributed by atoms with Crippen molar-refractivity contribution in [3.63, 3.8) is 0 Å². The van der Waals surface area contributed by atoms with Gasteiger partial charge in [-0.25, -0.2) is 0 Å². The maximum absolute atomic E-state index is 10.2. The fourth-order valence-corrected chi connectivity index (χ4v) is 2.85. The second-order valence-corrected chi connectivity index (χ2v) is 5.94. The van der Waals surface area contributed by atoms with E-state index in [-0.39, 0.29) is 12.2 Å². The largest absolute Gasteiger partial charge is 0.490 e. The average Bonchev–Trinajstić information content (AvgIpc) is 2.36. The first-order valence-electron chi connectivity index (χ1n) is 6.85. The fraction of sp³-hybridized carbons (Fsp3) is 0.600. The monoisotopic (exact) mass is 312 g/mol. The molecule has 0 radical (unpaired) electrons. The van der Waals surface area contributed by atoms with Crippen LogP contribution in [0.25, 0.3) is 0 Å². The van der Waals surface area contributed by atoms with Gasteiger partial charge in [-0.3, -0.25) is 0 Å². The molecule has 1 aliphatic heterocycles. The second-order valence-electron chi connectivity index (χ2n) is 5.02. The summed E-state index contributed by atoms with van der Waals surface area (Å²) in [6, 6.07) is 5.86. The molecule has 1 N–H and O–H groups in total. The van der Waals surface area contributed by atoms with Crippen LogP contribution >= 0.6 is 15.9 Å². The summed E-state index contributed by atoms with van der Waals surface area (Å²) in [6.07, 6.45) is 6.55. The highest BCUT2D eigenvalue weighted by atomic mass is 79.9. The van der Waals surface area contributed by atoms with Gasteiger partial charge in [0.1, 0.15) is 11.9 Å². The van der Waals surface area contributed by atoms with Gasteiger partial charge in [0.25, 0.3) is 0 Å². The van der Waals surface area contributed by atoms with Gasteiger partial charge in [-0.1, -0.05) is 42.1 Å². The van der Waals surface area contributed by atoms with Crippen molar-refractivity contribution in [1.29, 1.82) is 0 Å². The summed E-state index contributed by atoms with van der Waals surface area (Å²) in [6.45, 7) is 2.22. The lowest BCUT2D eigenvalue weighted by molar-refractivity contribution is 0.0604. The molecule has 0 saturated heterocycles. The SMILES string of the molecule is CCCCCCC1C[C@H](O)c2cc(Br)ccc2O1. The molecule has 0 aliphatic carbocycles. The van der Waals surface area contributed by atoms with Gasteiger partial charge in [0.2, 0.25) is 0 Å². The van der Waals surface area contributed by atoms with Crippen LogP contribution in [-0.4, -0.2) is 11.2 Å². The molecule has 0 amide bonds. The number of benzene rings is 1. The molecule has 0 aromatic heterocycles. The van der Waals surface area contributed by atoms with Gasteiger partial charge in [-0.05, 0) is 31.0 Å². The molecular formula is C15H21BrO2. The van der Waals surface area contributed by atoms with Crippen LogP contribution in [0, 0.1) is 0 Å². The van der Waals surface area contributed by atoms with Gasteiger partial charge in [-0.15, -0.1) is 0 Å². The third-order valence-corrected chi connectivity index (χ3v) is 3.98. The van der Waals surface area contributed by atoms with Crippen LogP contribution < -0.4 is 4.74 Å². The van der Waals surface area contributed by atoms with Gasteiger partial charge in [0.05, 0.1) is 6.10 Å². The van der Waals surface area contributed by atoms with Crippen LogP contribution in [0.5, 0.6) is 5.75 Å². The zero-order valence-electron chi connectivity index (χ0n) is 10.9. The molecule has 1 heterocycles. The van der Waals surface area contributed by atoms with Crippen molar-refractivity contribution in [3.05, 3.63) is 28.2 Å². The molecule has 2 atom stereocenters. The summed E-state index contributed by atoms with van der Waals surface area (Å²) >= 11 is 3.43. The second kappa shape index (κ2) is 6.58. The zero-order chi connectivity index (χ0) is 13.0. The molecule has 0 bridgehead atoms. The van der Waals surface area contributed by atoms with Gasteiger partial charge in [-0.2, -0.15) is 0 Å². The fourth-order valence-electron chi connectivity index (χ4n) is 2.47. The van der Waals surface area contributed by atoms with Crippen LogP contribution in [0.3, 0.4) is 0 Å². The summed E-state index contributed by atoms with van der Waals surface area (Å²) in [5.74, 6) is 0.845. The van der Waals surface area contributed by atoms with E-state index in [1.165, 1.54) is 25.7 Å². The third kappa shape index (κ3) is 3.48. The number of rotatable bonds is 5. The van der Waals surface area contributed by atoms with Gasteiger partial charge < -0.3 is 9.84 Å². The normalized spacial score (nSPS) is 22.4. The van der Waals surface area contributed by atoms with Crippen molar-refractivity contribution < 1.29 is 9.84 Å². The Bertz CT molecular complexity index is 392. The van der Waals surface area contributed by atoms with E-state index in [9.17, 15) is 5.11 Å². The highest BCUT2D eigenvalue weighted by molar-refractivity contribution is 9.10. The zero-order valence-corrected chi connectivity index (χ0v) is 12.4. The third-order valence-electron chi connectivity index (χ3n) is 3.49. The van der Waals surface area contributed by atoms with Gasteiger partial charge in [0, 0.05) is 16.5 Å². The van der Waals surface area contributed by atoms with E-state index in [4.69, 9.17) is 4.74 Å². The van der Waals surface area contributed by atoms with Crippen molar-refractivity contribution in [2.24, 2.45) is 0 Å². The Labute approximate surface area is 117 Å². The average molecular weight is 313 g/mol. The first kappa shape index (κ1) is 13.9. The molecule has 0 saturated carbocycles. The van der Waals surface area contributed by atoms with E-state index in [1.807, 2.05) is 18.2 Å². The topological polar surface area (TPSA) is 29.5 Å². The lowest BCUT2D eigenvalue weighted by Gasteiger charge is -2.29. The van der Waals surface area contributed by atoms with Crippen LogP contribution in [0.4, 0.5) is 0 Å². The Hall–Kier alpha value is -0.540. The molecule has 2 nitrogen and oxygen atoms in total. The molecule has 0 fully saturated rings. The molecule has 0 spiro atoms. The number of aliphatic hydroxyl groups is 1. The molecule has 1 aliphatic rings. The quantitative estimate of drug-likeness (QED) is 0.805. The highest BCUT2D eigenvalue weighted by Crippen LogP contribution is 2.37. The maximum Gasteiger partial charge on any atom is 0.125 e.